The Morgan fingerprint density at radius 2 is 1.90 bits per heavy atom. The Morgan fingerprint density at radius 3 is 2.79 bits per heavy atom. The van der Waals surface area contributed by atoms with Gasteiger partial charge in [-0.15, -0.1) is 0 Å². The molecule has 0 saturated carbocycles. The maximum absolute atomic E-state index is 13.0. The lowest BCUT2D eigenvalue weighted by Crippen LogP contribution is -2.61. The van der Waals surface area contributed by atoms with Gasteiger partial charge < -0.3 is 24.3 Å². The van der Waals surface area contributed by atoms with Crippen molar-refractivity contribution in [2.75, 3.05) is 13.3 Å². The van der Waals surface area contributed by atoms with Crippen LogP contribution in [0, 0.1) is 0 Å². The number of rotatable bonds is 1. The van der Waals surface area contributed by atoms with E-state index in [9.17, 15) is 9.59 Å². The van der Waals surface area contributed by atoms with E-state index in [0.29, 0.717) is 17.9 Å². The topological polar surface area (TPSA) is 72.8 Å². The van der Waals surface area contributed by atoms with Crippen LogP contribution in [-0.4, -0.2) is 40.7 Å². The molecule has 0 unspecified atom stereocenters. The van der Waals surface area contributed by atoms with Crippen LogP contribution in [0.25, 0.3) is 10.9 Å². The number of aromatic nitrogens is 1. The monoisotopic (exact) mass is 389 g/mol. The molecule has 2 atom stereocenters. The van der Waals surface area contributed by atoms with Gasteiger partial charge in [0.05, 0.1) is 12.6 Å². The molecule has 6 rings (SSSR count). The van der Waals surface area contributed by atoms with Crippen LogP contribution in [0.1, 0.15) is 22.9 Å². The molecule has 0 aliphatic carbocycles. The third kappa shape index (κ3) is 2.18. The van der Waals surface area contributed by atoms with Crippen LogP contribution < -0.4 is 14.8 Å². The second kappa shape index (κ2) is 5.76. The third-order valence-electron chi connectivity index (χ3n) is 6.25. The number of amides is 2. The lowest BCUT2D eigenvalue weighted by Gasteiger charge is -2.44. The van der Waals surface area contributed by atoms with Gasteiger partial charge in [-0.25, -0.2) is 0 Å². The molecule has 1 saturated heterocycles. The Kier molecular flexibility index (Phi) is 3.27. The highest BCUT2D eigenvalue weighted by Gasteiger charge is 2.46. The zero-order valence-corrected chi connectivity index (χ0v) is 15.8. The number of piperazine rings is 1. The number of nitrogens with zero attached hydrogens (tertiary/aromatic N) is 2. The van der Waals surface area contributed by atoms with Crippen LogP contribution in [0.2, 0.25) is 0 Å². The summed E-state index contributed by atoms with van der Waals surface area (Å²) >= 11 is 0. The average molecular weight is 389 g/mol. The molecule has 7 nitrogen and oxygen atoms in total. The van der Waals surface area contributed by atoms with Crippen molar-refractivity contribution in [2.45, 2.75) is 18.5 Å². The van der Waals surface area contributed by atoms with Crippen molar-refractivity contribution in [1.29, 1.82) is 0 Å². The van der Waals surface area contributed by atoms with Crippen molar-refractivity contribution in [1.82, 2.24) is 14.8 Å². The first-order valence-corrected chi connectivity index (χ1v) is 9.68. The SMILES string of the molecule is Cn1c2c(c3ccccc31)C[C@@H]1C(=O)NCC(=O)N1[C@@H]2c1ccc2c(c1)OCO2. The second-order valence-electron chi connectivity index (χ2n) is 7.69. The quantitative estimate of drug-likeness (QED) is 0.690. The summed E-state index contributed by atoms with van der Waals surface area (Å²) < 4.78 is 13.2. The number of aryl methyl sites for hydroxylation is 1. The maximum atomic E-state index is 13.0. The summed E-state index contributed by atoms with van der Waals surface area (Å²) in [4.78, 5) is 27.5. The summed E-state index contributed by atoms with van der Waals surface area (Å²) in [6.45, 7) is 0.214. The average Bonchev–Trinajstić information content (AvgIpc) is 3.32. The highest BCUT2D eigenvalue weighted by Crippen LogP contribution is 2.45. The fraction of sp³-hybridized carbons (Fsp3) is 0.273. The highest BCUT2D eigenvalue weighted by atomic mass is 16.7. The molecule has 29 heavy (non-hydrogen) atoms. The van der Waals surface area contributed by atoms with Gasteiger partial charge in [-0.05, 0) is 29.3 Å². The van der Waals surface area contributed by atoms with Gasteiger partial charge in [0, 0.05) is 30.1 Å². The van der Waals surface area contributed by atoms with Crippen LogP contribution in [0.5, 0.6) is 11.5 Å². The minimum Gasteiger partial charge on any atom is -0.454 e. The van der Waals surface area contributed by atoms with E-state index >= 15 is 0 Å². The lowest BCUT2D eigenvalue weighted by atomic mass is 9.86. The zero-order chi connectivity index (χ0) is 19.7. The van der Waals surface area contributed by atoms with Gasteiger partial charge in [-0.3, -0.25) is 9.59 Å². The molecule has 4 heterocycles. The molecule has 2 amide bonds. The van der Waals surface area contributed by atoms with Crippen molar-refractivity contribution in [3.8, 4) is 11.5 Å². The largest absolute Gasteiger partial charge is 0.454 e. The van der Waals surface area contributed by atoms with Crippen LogP contribution in [0.15, 0.2) is 42.5 Å². The van der Waals surface area contributed by atoms with Crippen LogP contribution in [0.3, 0.4) is 0 Å². The first-order chi connectivity index (χ1) is 14.1. The molecule has 0 bridgehead atoms. The van der Waals surface area contributed by atoms with Crippen molar-refractivity contribution < 1.29 is 19.1 Å². The van der Waals surface area contributed by atoms with Gasteiger partial charge in [0.1, 0.15) is 6.04 Å². The van der Waals surface area contributed by atoms with E-state index in [1.807, 2.05) is 37.4 Å². The summed E-state index contributed by atoms with van der Waals surface area (Å²) in [6, 6.07) is 13.1. The van der Waals surface area contributed by atoms with Crippen LogP contribution in [-0.2, 0) is 23.1 Å². The number of hydrogen-bond donors (Lipinski definition) is 1. The van der Waals surface area contributed by atoms with Gasteiger partial charge in [-0.1, -0.05) is 24.3 Å². The van der Waals surface area contributed by atoms with Crippen LogP contribution in [0.4, 0.5) is 0 Å². The molecule has 3 aliphatic heterocycles. The first kappa shape index (κ1) is 16.5. The van der Waals surface area contributed by atoms with E-state index in [4.69, 9.17) is 9.47 Å². The van der Waals surface area contributed by atoms with Crippen LogP contribution >= 0.6 is 0 Å². The number of carbonyl (C=O) groups excluding carboxylic acids is 2. The Balaban J connectivity index is 1.63. The molecule has 3 aromatic rings. The van der Waals surface area contributed by atoms with Crippen molar-refractivity contribution in [3.05, 3.63) is 59.3 Å². The molecule has 1 fully saturated rings. The van der Waals surface area contributed by atoms with E-state index in [-0.39, 0.29) is 31.2 Å². The first-order valence-electron chi connectivity index (χ1n) is 9.68. The summed E-state index contributed by atoms with van der Waals surface area (Å²) in [7, 11) is 2.02. The number of hydrogen-bond acceptors (Lipinski definition) is 4. The molecule has 7 heteroatoms. The smallest absolute Gasteiger partial charge is 0.243 e. The predicted molar refractivity (Wildman–Crippen MR) is 105 cm³/mol. The van der Waals surface area contributed by atoms with E-state index in [1.165, 1.54) is 0 Å². The minimum absolute atomic E-state index is 0.0235. The molecule has 1 aromatic heterocycles. The number of carbonyl (C=O) groups is 2. The number of benzene rings is 2. The Morgan fingerprint density at radius 1 is 1.07 bits per heavy atom. The Labute approximate surface area is 166 Å². The van der Waals surface area contributed by atoms with E-state index in [2.05, 4.69) is 22.0 Å². The molecule has 146 valence electrons. The summed E-state index contributed by atoms with van der Waals surface area (Å²) in [5, 5.41) is 3.87. The molecule has 1 N–H and O–H groups in total. The lowest BCUT2D eigenvalue weighted by molar-refractivity contribution is -0.148. The normalized spacial score (nSPS) is 22.4. The van der Waals surface area contributed by atoms with Crippen molar-refractivity contribution >= 4 is 22.7 Å². The maximum Gasteiger partial charge on any atom is 0.243 e. The molecular weight excluding hydrogens is 370 g/mol. The van der Waals surface area contributed by atoms with Crippen molar-refractivity contribution in [3.63, 3.8) is 0 Å². The predicted octanol–water partition coefficient (Wildman–Crippen LogP) is 1.88. The van der Waals surface area contributed by atoms with Gasteiger partial charge in [0.2, 0.25) is 18.6 Å². The fourth-order valence-corrected chi connectivity index (χ4v) is 4.97. The second-order valence-corrected chi connectivity index (χ2v) is 7.69. The summed E-state index contributed by atoms with van der Waals surface area (Å²) in [6.07, 6.45) is 0.509. The van der Waals surface area contributed by atoms with Gasteiger partial charge in [0.25, 0.3) is 0 Å². The van der Waals surface area contributed by atoms with E-state index in [1.54, 1.807) is 4.90 Å². The fourth-order valence-electron chi connectivity index (χ4n) is 4.97. The molecule has 0 radical (unpaired) electrons. The van der Waals surface area contributed by atoms with Gasteiger partial charge >= 0.3 is 0 Å². The Bertz CT molecular complexity index is 1200. The van der Waals surface area contributed by atoms with E-state index in [0.717, 1.165) is 27.7 Å². The third-order valence-corrected chi connectivity index (χ3v) is 6.25. The van der Waals surface area contributed by atoms with Crippen molar-refractivity contribution in [2.24, 2.45) is 7.05 Å². The highest BCUT2D eigenvalue weighted by molar-refractivity contribution is 5.97. The molecular formula is C22H19N3O4. The summed E-state index contributed by atoms with van der Waals surface area (Å²) in [5.74, 6) is 1.18. The number of ether oxygens (including phenoxy) is 2. The summed E-state index contributed by atoms with van der Waals surface area (Å²) in [5.41, 5.74) is 4.17. The Hall–Kier alpha value is -3.48. The molecule has 2 aromatic carbocycles. The molecule has 3 aliphatic rings. The zero-order valence-electron chi connectivity index (χ0n) is 15.8. The standard InChI is InChI=1S/C22H19N3O4/c1-24-15-5-3-2-4-13(15)14-9-16-22(27)23-10-19(26)25(16)20(21(14)24)12-6-7-17-18(8-12)29-11-28-17/h2-8,16,20H,9-11H2,1H3,(H,23,27)/t16-,20-/m1/s1. The number of nitrogens with one attached hydrogen (secondary N) is 1. The van der Waals surface area contributed by atoms with E-state index < -0.39 is 6.04 Å². The minimum atomic E-state index is -0.523. The van der Waals surface area contributed by atoms with Gasteiger partial charge in [0.15, 0.2) is 11.5 Å². The number of para-hydroxylation sites is 1. The molecule has 0 spiro atoms. The van der Waals surface area contributed by atoms with Gasteiger partial charge in [-0.2, -0.15) is 0 Å². The number of fused-ring (bicyclic) bond motifs is 5.